The van der Waals surface area contributed by atoms with Gasteiger partial charge in [0.15, 0.2) is 5.65 Å². The van der Waals surface area contributed by atoms with Crippen LogP contribution in [-0.4, -0.2) is 45.7 Å². The van der Waals surface area contributed by atoms with E-state index in [1.54, 1.807) is 13.2 Å². The van der Waals surface area contributed by atoms with Crippen LogP contribution in [-0.2, 0) is 4.79 Å². The van der Waals surface area contributed by atoms with E-state index in [0.717, 1.165) is 31.2 Å². The van der Waals surface area contributed by atoms with Gasteiger partial charge in [-0.25, -0.2) is 0 Å². The van der Waals surface area contributed by atoms with Crippen molar-refractivity contribution in [1.29, 1.82) is 0 Å². The lowest BCUT2D eigenvalue weighted by atomic mass is 10.0. The third-order valence-corrected chi connectivity index (χ3v) is 3.63. The molecule has 1 fully saturated rings. The van der Waals surface area contributed by atoms with E-state index in [2.05, 4.69) is 25.5 Å². The zero-order valence-electron chi connectivity index (χ0n) is 11.3. The first-order chi connectivity index (χ1) is 9.70. The summed E-state index contributed by atoms with van der Waals surface area (Å²) < 4.78 is 0. The van der Waals surface area contributed by atoms with Gasteiger partial charge in [-0.15, -0.1) is 0 Å². The summed E-state index contributed by atoms with van der Waals surface area (Å²) >= 11 is 0. The van der Waals surface area contributed by atoms with Gasteiger partial charge in [0.2, 0.25) is 11.9 Å². The standard InChI is InChI=1S/C12H17N7O/c1-14-11(20)8-4-2-3-5-19(8)10-7-6-15-18-9(7)16-12(13)17-10/h6,8H,2-5H2,1H3,(H,14,20)(H3,13,15,16,17,18). The molecule has 1 unspecified atom stereocenters. The number of hydrogen-bond donors (Lipinski definition) is 3. The molecule has 1 aliphatic heterocycles. The molecule has 0 spiro atoms. The lowest BCUT2D eigenvalue weighted by Crippen LogP contribution is -2.49. The average Bonchev–Trinajstić information content (AvgIpc) is 2.93. The molecule has 1 saturated heterocycles. The number of nitrogens with zero attached hydrogens (tertiary/aromatic N) is 4. The van der Waals surface area contributed by atoms with Crippen molar-refractivity contribution in [3.8, 4) is 0 Å². The summed E-state index contributed by atoms with van der Waals surface area (Å²) in [5.74, 6) is 0.853. The number of aromatic nitrogens is 4. The number of anilines is 2. The number of nitrogens with two attached hydrogens (primary N) is 1. The Hall–Kier alpha value is -2.38. The smallest absolute Gasteiger partial charge is 0.242 e. The monoisotopic (exact) mass is 275 g/mol. The molecule has 8 nitrogen and oxygen atoms in total. The van der Waals surface area contributed by atoms with Crippen molar-refractivity contribution >= 4 is 28.7 Å². The number of piperidine rings is 1. The number of aromatic amines is 1. The first kappa shape index (κ1) is 12.6. The third-order valence-electron chi connectivity index (χ3n) is 3.63. The molecule has 1 atom stereocenters. The van der Waals surface area contributed by atoms with Gasteiger partial charge in [0.1, 0.15) is 11.9 Å². The van der Waals surface area contributed by atoms with E-state index < -0.39 is 0 Å². The minimum Gasteiger partial charge on any atom is -0.368 e. The number of amides is 1. The number of carbonyl (C=O) groups is 1. The first-order valence-corrected chi connectivity index (χ1v) is 6.65. The third kappa shape index (κ3) is 2.02. The van der Waals surface area contributed by atoms with E-state index in [9.17, 15) is 4.79 Å². The van der Waals surface area contributed by atoms with E-state index in [1.807, 2.05) is 4.90 Å². The highest BCUT2D eigenvalue weighted by Crippen LogP contribution is 2.29. The van der Waals surface area contributed by atoms with Crippen LogP contribution in [0.4, 0.5) is 11.8 Å². The number of nitrogen functional groups attached to an aromatic ring is 1. The lowest BCUT2D eigenvalue weighted by molar-refractivity contribution is -0.122. The van der Waals surface area contributed by atoms with Crippen molar-refractivity contribution in [2.75, 3.05) is 24.2 Å². The summed E-state index contributed by atoms with van der Waals surface area (Å²) in [5.41, 5.74) is 6.34. The minimum absolute atomic E-state index is 0.00136. The fourth-order valence-electron chi connectivity index (χ4n) is 2.68. The zero-order chi connectivity index (χ0) is 14.1. The zero-order valence-corrected chi connectivity index (χ0v) is 11.3. The molecule has 106 valence electrons. The molecular weight excluding hydrogens is 258 g/mol. The predicted molar refractivity (Wildman–Crippen MR) is 75.1 cm³/mol. The number of carbonyl (C=O) groups excluding carboxylic acids is 1. The topological polar surface area (TPSA) is 113 Å². The molecule has 0 saturated carbocycles. The van der Waals surface area contributed by atoms with E-state index in [-0.39, 0.29) is 17.9 Å². The Morgan fingerprint density at radius 1 is 1.50 bits per heavy atom. The van der Waals surface area contributed by atoms with Crippen molar-refractivity contribution in [2.45, 2.75) is 25.3 Å². The van der Waals surface area contributed by atoms with Crippen molar-refractivity contribution < 1.29 is 4.79 Å². The second-order valence-corrected chi connectivity index (χ2v) is 4.86. The molecule has 3 rings (SSSR count). The highest BCUT2D eigenvalue weighted by molar-refractivity contribution is 5.91. The second kappa shape index (κ2) is 4.95. The Labute approximate surface area is 115 Å². The van der Waals surface area contributed by atoms with Crippen LogP contribution in [0.25, 0.3) is 11.0 Å². The van der Waals surface area contributed by atoms with Crippen LogP contribution in [0, 0.1) is 0 Å². The van der Waals surface area contributed by atoms with E-state index >= 15 is 0 Å². The van der Waals surface area contributed by atoms with E-state index in [4.69, 9.17) is 5.73 Å². The number of fused-ring (bicyclic) bond motifs is 1. The number of likely N-dealkylation sites (N-methyl/N-ethyl adjacent to an activating group) is 1. The van der Waals surface area contributed by atoms with Crippen LogP contribution in [0.2, 0.25) is 0 Å². The second-order valence-electron chi connectivity index (χ2n) is 4.86. The Kier molecular flexibility index (Phi) is 3.13. The van der Waals surface area contributed by atoms with Crippen molar-refractivity contribution in [3.05, 3.63) is 6.20 Å². The normalized spacial score (nSPS) is 19.2. The van der Waals surface area contributed by atoms with Gasteiger partial charge >= 0.3 is 0 Å². The van der Waals surface area contributed by atoms with Crippen molar-refractivity contribution in [3.63, 3.8) is 0 Å². The molecule has 0 radical (unpaired) electrons. The van der Waals surface area contributed by atoms with Gasteiger partial charge in [-0.2, -0.15) is 15.1 Å². The minimum atomic E-state index is -0.221. The summed E-state index contributed by atoms with van der Waals surface area (Å²) in [6, 6.07) is -0.221. The molecule has 0 aliphatic carbocycles. The van der Waals surface area contributed by atoms with Gasteiger partial charge in [-0.1, -0.05) is 0 Å². The predicted octanol–water partition coefficient (Wildman–Crippen LogP) is 0.0400. The highest BCUT2D eigenvalue weighted by Gasteiger charge is 2.30. The van der Waals surface area contributed by atoms with Gasteiger partial charge in [-0.3, -0.25) is 9.89 Å². The molecule has 3 heterocycles. The fourth-order valence-corrected chi connectivity index (χ4v) is 2.68. The fraction of sp³-hybridized carbons (Fsp3) is 0.500. The number of rotatable bonds is 2. The maximum atomic E-state index is 12.1. The van der Waals surface area contributed by atoms with Crippen LogP contribution in [0.5, 0.6) is 0 Å². The molecule has 0 aromatic carbocycles. The van der Waals surface area contributed by atoms with Crippen LogP contribution >= 0.6 is 0 Å². The molecule has 8 heteroatoms. The largest absolute Gasteiger partial charge is 0.368 e. The Bertz CT molecular complexity index is 638. The maximum absolute atomic E-state index is 12.1. The van der Waals surface area contributed by atoms with Crippen LogP contribution < -0.4 is 16.0 Å². The lowest BCUT2D eigenvalue weighted by Gasteiger charge is -2.35. The van der Waals surface area contributed by atoms with Crippen molar-refractivity contribution in [1.82, 2.24) is 25.5 Å². The van der Waals surface area contributed by atoms with E-state index in [0.29, 0.717) is 11.5 Å². The average molecular weight is 275 g/mol. The number of nitrogens with one attached hydrogen (secondary N) is 2. The molecule has 0 bridgehead atoms. The highest BCUT2D eigenvalue weighted by atomic mass is 16.2. The molecular formula is C12H17N7O. The summed E-state index contributed by atoms with van der Waals surface area (Å²) in [5, 5.41) is 10.3. The quantitative estimate of drug-likeness (QED) is 0.713. The Morgan fingerprint density at radius 2 is 2.35 bits per heavy atom. The van der Waals surface area contributed by atoms with Gasteiger partial charge < -0.3 is 16.0 Å². The number of H-pyrrole nitrogens is 1. The molecule has 4 N–H and O–H groups in total. The molecule has 2 aromatic rings. The Morgan fingerprint density at radius 3 is 3.15 bits per heavy atom. The van der Waals surface area contributed by atoms with Crippen LogP contribution in [0.1, 0.15) is 19.3 Å². The van der Waals surface area contributed by atoms with Crippen molar-refractivity contribution in [2.24, 2.45) is 0 Å². The van der Waals surface area contributed by atoms with E-state index in [1.165, 1.54) is 0 Å². The van der Waals surface area contributed by atoms with Gasteiger partial charge in [-0.05, 0) is 19.3 Å². The molecule has 1 aliphatic rings. The summed E-state index contributed by atoms with van der Waals surface area (Å²) in [7, 11) is 1.65. The SMILES string of the molecule is CNC(=O)C1CCCCN1c1nc(N)nc2[nH]ncc12. The van der Waals surface area contributed by atoms with Crippen LogP contribution in [0.3, 0.4) is 0 Å². The summed E-state index contributed by atoms with van der Waals surface area (Å²) in [6.07, 6.45) is 4.53. The first-order valence-electron chi connectivity index (χ1n) is 6.65. The summed E-state index contributed by atoms with van der Waals surface area (Å²) in [6.45, 7) is 0.773. The van der Waals surface area contributed by atoms with Gasteiger partial charge in [0.25, 0.3) is 0 Å². The van der Waals surface area contributed by atoms with Gasteiger partial charge in [0, 0.05) is 13.6 Å². The Balaban J connectivity index is 2.07. The molecule has 1 amide bonds. The van der Waals surface area contributed by atoms with Gasteiger partial charge in [0.05, 0.1) is 11.6 Å². The maximum Gasteiger partial charge on any atom is 0.242 e. The summed E-state index contributed by atoms with van der Waals surface area (Å²) in [4.78, 5) is 22.5. The number of hydrogen-bond acceptors (Lipinski definition) is 6. The molecule has 2 aromatic heterocycles. The van der Waals surface area contributed by atoms with Crippen LogP contribution in [0.15, 0.2) is 6.20 Å². The molecule has 20 heavy (non-hydrogen) atoms.